The Morgan fingerprint density at radius 1 is 1.18 bits per heavy atom. The maximum Gasteiger partial charge on any atom is 0.421 e. The van der Waals surface area contributed by atoms with Crippen LogP contribution >= 0.6 is 0 Å². The third-order valence-electron chi connectivity index (χ3n) is 7.81. The highest BCUT2D eigenvalue weighted by molar-refractivity contribution is 7.85. The van der Waals surface area contributed by atoms with Gasteiger partial charge < -0.3 is 25.6 Å². The number of likely N-dealkylation sites (tertiary alicyclic amines) is 1. The van der Waals surface area contributed by atoms with Crippen molar-refractivity contribution in [2.24, 2.45) is 0 Å². The highest BCUT2D eigenvalue weighted by atomic mass is 32.2. The largest absolute Gasteiger partial charge is 0.495 e. The average Bonchev–Trinajstić information content (AvgIpc) is 2.99. The molecule has 3 aromatic rings. The summed E-state index contributed by atoms with van der Waals surface area (Å²) in [5, 5.41) is 8.80. The zero-order valence-electron chi connectivity index (χ0n) is 26.3. The molecule has 2 aromatic carbocycles. The lowest BCUT2D eigenvalue weighted by Gasteiger charge is -2.34. The van der Waals surface area contributed by atoms with Crippen LogP contribution in [0.2, 0.25) is 0 Å². The molecule has 1 aliphatic heterocycles. The highest BCUT2D eigenvalue weighted by Crippen LogP contribution is 2.35. The summed E-state index contributed by atoms with van der Waals surface area (Å²) in [6, 6.07) is 10.7. The number of rotatable bonds is 11. The Balaban J connectivity index is 1.52. The number of hydrogen-bond acceptors (Lipinski definition) is 8. The topological polar surface area (TPSA) is 112 Å². The fourth-order valence-electron chi connectivity index (χ4n) is 5.10. The van der Waals surface area contributed by atoms with Crippen LogP contribution in [0.1, 0.15) is 53.7 Å². The lowest BCUT2D eigenvalue weighted by molar-refractivity contribution is -0.137. The number of aryl methyl sites for hydroxylation is 1. The summed E-state index contributed by atoms with van der Waals surface area (Å²) in [7, 11) is 1.75. The van der Waals surface area contributed by atoms with Gasteiger partial charge in [0.2, 0.25) is 5.95 Å². The van der Waals surface area contributed by atoms with E-state index in [1.165, 1.54) is 13.4 Å². The third kappa shape index (κ3) is 8.63. The van der Waals surface area contributed by atoms with Crippen LogP contribution in [0, 0.1) is 6.92 Å². The fourth-order valence-corrected chi connectivity index (χ4v) is 5.55. The summed E-state index contributed by atoms with van der Waals surface area (Å²) in [6.45, 7) is 8.02. The predicted molar refractivity (Wildman–Crippen MR) is 171 cm³/mol. The molecule has 1 aliphatic rings. The van der Waals surface area contributed by atoms with E-state index < -0.39 is 28.5 Å². The molecule has 1 saturated heterocycles. The highest BCUT2D eigenvalue weighted by Gasteiger charge is 2.35. The minimum atomic E-state index is -4.71. The van der Waals surface area contributed by atoms with Gasteiger partial charge >= 0.3 is 6.18 Å². The van der Waals surface area contributed by atoms with Gasteiger partial charge in [-0.2, -0.15) is 18.2 Å². The number of amides is 1. The van der Waals surface area contributed by atoms with E-state index in [-0.39, 0.29) is 24.4 Å². The second-order valence-corrected chi connectivity index (χ2v) is 12.7. The number of aromatic nitrogens is 2. The van der Waals surface area contributed by atoms with Gasteiger partial charge in [-0.1, -0.05) is 12.1 Å². The molecule has 1 fully saturated rings. The number of nitrogens with zero attached hydrogens (tertiary/aromatic N) is 4. The second-order valence-electron chi connectivity index (χ2n) is 11.3. The molecule has 0 bridgehead atoms. The molecule has 0 spiro atoms. The van der Waals surface area contributed by atoms with E-state index in [1.807, 2.05) is 19.1 Å². The Labute approximate surface area is 264 Å². The molecule has 0 saturated carbocycles. The van der Waals surface area contributed by atoms with Gasteiger partial charge in [0.1, 0.15) is 28.1 Å². The van der Waals surface area contributed by atoms with E-state index in [0.29, 0.717) is 40.5 Å². The molecule has 0 radical (unpaired) electrons. The molecule has 0 aliphatic carbocycles. The summed E-state index contributed by atoms with van der Waals surface area (Å²) in [6.07, 6.45) is -0.755. The second kappa shape index (κ2) is 14.5. The zero-order valence-corrected chi connectivity index (χ0v) is 27.1. The number of hydrogen-bond donors (Lipinski definition) is 3. The number of methoxy groups -OCH3 is 1. The number of nitrogens with one attached hydrogen (secondary N) is 3. The van der Waals surface area contributed by atoms with Crippen LogP contribution in [0.15, 0.2) is 42.6 Å². The van der Waals surface area contributed by atoms with E-state index in [0.717, 1.165) is 31.5 Å². The Kier molecular flexibility index (Phi) is 10.9. The van der Waals surface area contributed by atoms with E-state index in [2.05, 4.69) is 44.7 Å². The number of benzene rings is 2. The van der Waals surface area contributed by atoms with Crippen molar-refractivity contribution >= 4 is 40.0 Å². The number of alkyl halides is 3. The summed E-state index contributed by atoms with van der Waals surface area (Å²) >= 11 is 0. The van der Waals surface area contributed by atoms with Gasteiger partial charge in [-0.25, -0.2) is 9.19 Å². The fraction of sp³-hybridized carbons (Fsp3) is 0.452. The Morgan fingerprint density at radius 3 is 2.51 bits per heavy atom. The van der Waals surface area contributed by atoms with E-state index in [9.17, 15) is 22.2 Å². The molecule has 1 amide bonds. The minimum Gasteiger partial charge on any atom is -0.495 e. The number of piperidine rings is 1. The first-order valence-corrected chi connectivity index (χ1v) is 16.1. The first kappa shape index (κ1) is 34.0. The van der Waals surface area contributed by atoms with E-state index in [4.69, 9.17) is 4.74 Å². The van der Waals surface area contributed by atoms with Crippen molar-refractivity contribution in [2.75, 3.05) is 48.4 Å². The Morgan fingerprint density at radius 2 is 1.89 bits per heavy atom. The molecule has 244 valence electrons. The Bertz CT molecular complexity index is 1530. The first-order valence-electron chi connectivity index (χ1n) is 14.6. The van der Waals surface area contributed by atoms with Gasteiger partial charge in [0, 0.05) is 56.8 Å². The van der Waals surface area contributed by atoms with Crippen molar-refractivity contribution in [3.8, 4) is 5.75 Å². The zero-order chi connectivity index (χ0) is 32.9. The van der Waals surface area contributed by atoms with Crippen LogP contribution in [0.25, 0.3) is 0 Å². The van der Waals surface area contributed by atoms with Crippen LogP contribution in [0.5, 0.6) is 5.75 Å². The summed E-state index contributed by atoms with van der Waals surface area (Å²) in [5.41, 5.74) is 1.91. The van der Waals surface area contributed by atoms with Crippen molar-refractivity contribution in [1.82, 2.24) is 20.2 Å². The van der Waals surface area contributed by atoms with Crippen LogP contribution in [-0.2, 0) is 23.7 Å². The molecule has 1 aromatic heterocycles. The molecule has 14 heteroatoms. The lowest BCUT2D eigenvalue weighted by atomic mass is 10.0. The molecule has 1 unspecified atom stereocenters. The molecule has 3 N–H and O–H groups in total. The minimum absolute atomic E-state index is 0.0136. The lowest BCUT2D eigenvalue weighted by Crippen LogP contribution is -2.46. The van der Waals surface area contributed by atoms with Crippen molar-refractivity contribution in [1.29, 1.82) is 0 Å². The van der Waals surface area contributed by atoms with Crippen LogP contribution in [-0.4, -0.2) is 70.6 Å². The van der Waals surface area contributed by atoms with Crippen molar-refractivity contribution in [2.45, 2.75) is 58.4 Å². The van der Waals surface area contributed by atoms with E-state index in [1.54, 1.807) is 35.6 Å². The van der Waals surface area contributed by atoms with Crippen molar-refractivity contribution in [3.63, 3.8) is 0 Å². The normalized spacial score (nSPS) is 15.1. The van der Waals surface area contributed by atoms with Gasteiger partial charge in [-0.3, -0.25) is 9.10 Å². The van der Waals surface area contributed by atoms with E-state index >= 15 is 0 Å². The van der Waals surface area contributed by atoms with Crippen LogP contribution in [0.4, 0.5) is 36.3 Å². The van der Waals surface area contributed by atoms with Gasteiger partial charge in [-0.05, 0) is 69.0 Å². The summed E-state index contributed by atoms with van der Waals surface area (Å²) in [5.74, 6) is -0.456. The molecule has 1 atom stereocenters. The maximum atomic E-state index is 13.9. The number of halogens is 3. The standard InChI is InChI=1S/C31H40F3N7O3S/c1-19(2)41-13-11-23(12-14-41)37-29(42)21-9-10-25(27(16-21)44-5)38-30-36-18-24(31(32,33)34)28(39-30)35-17-22-8-7-20(3)15-26(22)40(4)45(6)43/h7-10,15-16,18-19,23H,11-14,17H2,1-6H3,(H,37,42)(H2,35,36,38,39). The predicted octanol–water partition coefficient (Wildman–Crippen LogP) is 5.50. The number of anilines is 4. The number of ether oxygens (including phenoxy) is 1. The molecule has 2 heterocycles. The van der Waals surface area contributed by atoms with Crippen molar-refractivity contribution in [3.05, 3.63) is 64.8 Å². The van der Waals surface area contributed by atoms with Crippen LogP contribution < -0.4 is 25.0 Å². The summed E-state index contributed by atoms with van der Waals surface area (Å²) in [4.78, 5) is 23.4. The SMILES string of the molecule is COc1cc(C(=O)NC2CCN(C(C)C)CC2)ccc1Nc1ncc(C(F)(F)F)c(NCc2ccc(C)cc2N(C)S(C)=O)n1. The first-order chi connectivity index (χ1) is 21.3. The average molecular weight is 648 g/mol. The molecular weight excluding hydrogens is 607 g/mol. The molecule has 10 nitrogen and oxygen atoms in total. The van der Waals surface area contributed by atoms with Crippen molar-refractivity contribution < 1.29 is 26.9 Å². The number of carbonyl (C=O) groups is 1. The van der Waals surface area contributed by atoms with Gasteiger partial charge in [0.05, 0.1) is 18.5 Å². The molecular formula is C31H40F3N7O3S. The summed E-state index contributed by atoms with van der Waals surface area (Å²) < 4.78 is 60.9. The quantitative estimate of drug-likeness (QED) is 0.250. The Hall–Kier alpha value is -3.91. The smallest absolute Gasteiger partial charge is 0.421 e. The molecule has 45 heavy (non-hydrogen) atoms. The van der Waals surface area contributed by atoms with Gasteiger partial charge in [0.25, 0.3) is 5.91 Å². The molecule has 4 rings (SSSR count). The van der Waals surface area contributed by atoms with Gasteiger partial charge in [0.15, 0.2) is 0 Å². The number of carbonyl (C=O) groups excluding carboxylic acids is 1. The van der Waals surface area contributed by atoms with Gasteiger partial charge in [-0.15, -0.1) is 0 Å². The maximum absolute atomic E-state index is 13.9. The van der Waals surface area contributed by atoms with Crippen LogP contribution in [0.3, 0.4) is 0 Å². The third-order valence-corrected chi connectivity index (χ3v) is 8.78. The monoisotopic (exact) mass is 647 g/mol.